The number of carboxylic acid groups (broad SMARTS) is 1. The quantitative estimate of drug-likeness (QED) is 0.289. The lowest BCUT2D eigenvalue weighted by molar-refractivity contribution is -0.141. The number of carbonyl (C=O) groups excluding carboxylic acids is 3. The van der Waals surface area contributed by atoms with Gasteiger partial charge in [0.2, 0.25) is 17.7 Å². The van der Waals surface area contributed by atoms with Crippen molar-refractivity contribution in [1.82, 2.24) is 20.9 Å². The maximum Gasteiger partial charge on any atom is 0.325 e. The van der Waals surface area contributed by atoms with E-state index in [2.05, 4.69) is 20.9 Å². The summed E-state index contributed by atoms with van der Waals surface area (Å²) in [5, 5.41) is 17.5. The van der Waals surface area contributed by atoms with Crippen molar-refractivity contribution in [3.8, 4) is 0 Å². The average Bonchev–Trinajstić information content (AvgIpc) is 3.15. The van der Waals surface area contributed by atoms with Crippen LogP contribution in [0.15, 0.2) is 30.5 Å². The van der Waals surface area contributed by atoms with Gasteiger partial charge in [0.25, 0.3) is 0 Å². The number of nitrogens with one attached hydrogen (secondary N) is 4. The van der Waals surface area contributed by atoms with E-state index in [9.17, 15) is 19.2 Å². The fraction of sp³-hybridized carbons (Fsp3) is 0.478. The number of aromatic nitrogens is 1. The molecule has 0 aliphatic heterocycles. The molecule has 1 aromatic heterocycles. The van der Waals surface area contributed by atoms with Crippen molar-refractivity contribution in [2.75, 3.05) is 0 Å². The van der Waals surface area contributed by atoms with Crippen LogP contribution in [0.5, 0.6) is 0 Å². The van der Waals surface area contributed by atoms with Crippen molar-refractivity contribution in [2.45, 2.75) is 64.7 Å². The van der Waals surface area contributed by atoms with E-state index in [-0.39, 0.29) is 12.3 Å². The minimum atomic E-state index is -1.19. The Morgan fingerprint density at radius 3 is 2.21 bits per heavy atom. The molecule has 33 heavy (non-hydrogen) atoms. The van der Waals surface area contributed by atoms with E-state index in [4.69, 9.17) is 10.8 Å². The van der Waals surface area contributed by atoms with E-state index in [1.807, 2.05) is 38.1 Å². The van der Waals surface area contributed by atoms with Gasteiger partial charge in [-0.3, -0.25) is 19.2 Å². The van der Waals surface area contributed by atoms with Crippen molar-refractivity contribution in [1.29, 1.82) is 0 Å². The van der Waals surface area contributed by atoms with Crippen LogP contribution in [0.4, 0.5) is 0 Å². The van der Waals surface area contributed by atoms with Crippen molar-refractivity contribution >= 4 is 34.6 Å². The Morgan fingerprint density at radius 2 is 1.58 bits per heavy atom. The van der Waals surface area contributed by atoms with Gasteiger partial charge in [-0.05, 0) is 37.8 Å². The molecule has 0 radical (unpaired) electrons. The summed E-state index contributed by atoms with van der Waals surface area (Å²) in [6, 6.07) is 3.70. The van der Waals surface area contributed by atoms with E-state index < -0.39 is 47.9 Å². The fourth-order valence-corrected chi connectivity index (χ4v) is 3.40. The molecule has 0 spiro atoms. The maximum atomic E-state index is 13.0. The van der Waals surface area contributed by atoms with Gasteiger partial charge in [-0.25, -0.2) is 0 Å². The smallest absolute Gasteiger partial charge is 0.325 e. The first kappa shape index (κ1) is 25.9. The summed E-state index contributed by atoms with van der Waals surface area (Å²) in [5.74, 6) is -2.67. The zero-order valence-corrected chi connectivity index (χ0v) is 19.3. The first-order valence-electron chi connectivity index (χ1n) is 10.9. The number of H-pyrrole nitrogens is 1. The Hall–Kier alpha value is -3.40. The summed E-state index contributed by atoms with van der Waals surface area (Å²) in [6.45, 7) is 6.66. The molecule has 0 aliphatic rings. The molecule has 7 N–H and O–H groups in total. The second kappa shape index (κ2) is 11.5. The number of aliphatic carboxylic acids is 1. The molecular weight excluding hydrogens is 426 g/mol. The van der Waals surface area contributed by atoms with E-state index in [0.717, 1.165) is 16.5 Å². The molecule has 0 saturated carbocycles. The Kier molecular flexibility index (Phi) is 8.98. The molecule has 4 unspecified atom stereocenters. The van der Waals surface area contributed by atoms with Crippen LogP contribution in [0, 0.1) is 5.92 Å². The third kappa shape index (κ3) is 7.31. The number of fused-ring (bicyclic) bond motifs is 1. The molecule has 180 valence electrons. The highest BCUT2D eigenvalue weighted by molar-refractivity contribution is 5.94. The number of carbonyl (C=O) groups is 4. The minimum Gasteiger partial charge on any atom is -0.480 e. The molecule has 0 aliphatic carbocycles. The zero-order valence-electron chi connectivity index (χ0n) is 19.3. The molecule has 1 heterocycles. The number of benzene rings is 1. The topological polar surface area (TPSA) is 166 Å². The van der Waals surface area contributed by atoms with E-state index >= 15 is 0 Å². The van der Waals surface area contributed by atoms with Gasteiger partial charge in [0.05, 0.1) is 6.04 Å². The Balaban J connectivity index is 2.18. The predicted molar refractivity (Wildman–Crippen MR) is 124 cm³/mol. The third-order valence-electron chi connectivity index (χ3n) is 5.28. The molecule has 10 nitrogen and oxygen atoms in total. The Morgan fingerprint density at radius 1 is 0.939 bits per heavy atom. The summed E-state index contributed by atoms with van der Waals surface area (Å²) in [4.78, 5) is 52.1. The fourth-order valence-electron chi connectivity index (χ4n) is 3.40. The summed E-state index contributed by atoms with van der Waals surface area (Å²) in [6.07, 6.45) is 2.41. The molecule has 0 fully saturated rings. The number of nitrogens with two attached hydrogens (primary N) is 1. The third-order valence-corrected chi connectivity index (χ3v) is 5.28. The number of carboxylic acids is 1. The highest BCUT2D eigenvalue weighted by Crippen LogP contribution is 2.19. The van der Waals surface area contributed by atoms with Gasteiger partial charge in [0, 0.05) is 23.5 Å². The summed E-state index contributed by atoms with van der Waals surface area (Å²) in [5.41, 5.74) is 7.71. The SMILES string of the molecule is CC(C)CC(N)C(=O)NC(Cc1c[nH]c2ccccc12)C(=O)NC(C)C(=O)NC(C)C(=O)O. The molecule has 4 atom stereocenters. The lowest BCUT2D eigenvalue weighted by Gasteiger charge is -2.23. The number of aromatic amines is 1. The Bertz CT molecular complexity index is 1000. The summed E-state index contributed by atoms with van der Waals surface area (Å²) >= 11 is 0. The summed E-state index contributed by atoms with van der Waals surface area (Å²) in [7, 11) is 0. The standard InChI is InChI=1S/C23H33N5O5/c1-12(2)9-17(24)21(30)28-19(10-15-11-25-18-8-6-5-7-16(15)18)22(31)26-13(3)20(29)27-14(4)23(32)33/h5-8,11-14,17,19,25H,9-10,24H2,1-4H3,(H,26,31)(H,27,29)(H,28,30)(H,32,33). The van der Waals surface area contributed by atoms with Crippen LogP contribution >= 0.6 is 0 Å². The van der Waals surface area contributed by atoms with E-state index in [1.54, 1.807) is 6.20 Å². The number of para-hydroxylation sites is 1. The molecular formula is C23H33N5O5. The van der Waals surface area contributed by atoms with Crippen LogP contribution in [-0.4, -0.2) is 57.9 Å². The van der Waals surface area contributed by atoms with Gasteiger partial charge >= 0.3 is 5.97 Å². The van der Waals surface area contributed by atoms with Crippen LogP contribution in [-0.2, 0) is 25.6 Å². The number of rotatable bonds is 11. The predicted octanol–water partition coefficient (Wildman–Crippen LogP) is 0.663. The van der Waals surface area contributed by atoms with Gasteiger partial charge in [-0.15, -0.1) is 0 Å². The van der Waals surface area contributed by atoms with Gasteiger partial charge in [-0.2, -0.15) is 0 Å². The highest BCUT2D eigenvalue weighted by atomic mass is 16.4. The van der Waals surface area contributed by atoms with Gasteiger partial charge in [-0.1, -0.05) is 32.0 Å². The van der Waals surface area contributed by atoms with Crippen molar-refractivity contribution in [2.24, 2.45) is 11.7 Å². The van der Waals surface area contributed by atoms with Crippen LogP contribution in [0.3, 0.4) is 0 Å². The maximum absolute atomic E-state index is 13.0. The lowest BCUT2D eigenvalue weighted by atomic mass is 10.0. The number of amides is 3. The molecule has 0 bridgehead atoms. The monoisotopic (exact) mass is 459 g/mol. The molecule has 1 aromatic carbocycles. The molecule has 0 saturated heterocycles. The number of hydrogen-bond donors (Lipinski definition) is 6. The van der Waals surface area contributed by atoms with Crippen molar-refractivity contribution in [3.05, 3.63) is 36.0 Å². The Labute approximate surface area is 192 Å². The van der Waals surface area contributed by atoms with E-state index in [0.29, 0.717) is 6.42 Å². The molecule has 2 rings (SSSR count). The second-order valence-corrected chi connectivity index (χ2v) is 8.66. The van der Waals surface area contributed by atoms with Gasteiger partial charge in [0.15, 0.2) is 0 Å². The number of hydrogen-bond acceptors (Lipinski definition) is 5. The highest BCUT2D eigenvalue weighted by Gasteiger charge is 2.28. The average molecular weight is 460 g/mol. The van der Waals surface area contributed by atoms with Crippen molar-refractivity contribution in [3.63, 3.8) is 0 Å². The van der Waals surface area contributed by atoms with Gasteiger partial charge < -0.3 is 31.8 Å². The van der Waals surface area contributed by atoms with Crippen LogP contribution in [0.1, 0.15) is 39.7 Å². The first-order valence-corrected chi connectivity index (χ1v) is 10.9. The first-order chi connectivity index (χ1) is 15.5. The van der Waals surface area contributed by atoms with E-state index in [1.165, 1.54) is 13.8 Å². The second-order valence-electron chi connectivity index (χ2n) is 8.66. The summed E-state index contributed by atoms with van der Waals surface area (Å²) < 4.78 is 0. The zero-order chi connectivity index (χ0) is 24.7. The minimum absolute atomic E-state index is 0.176. The van der Waals surface area contributed by atoms with Crippen molar-refractivity contribution < 1.29 is 24.3 Å². The van der Waals surface area contributed by atoms with Crippen LogP contribution in [0.25, 0.3) is 10.9 Å². The molecule has 10 heteroatoms. The largest absolute Gasteiger partial charge is 0.480 e. The normalized spacial score (nSPS) is 14.8. The lowest BCUT2D eigenvalue weighted by Crippen LogP contribution is -2.56. The molecule has 3 amide bonds. The molecule has 2 aromatic rings. The van der Waals surface area contributed by atoms with Crippen LogP contribution in [0.2, 0.25) is 0 Å². The van der Waals surface area contributed by atoms with Crippen LogP contribution < -0.4 is 21.7 Å². The van der Waals surface area contributed by atoms with Gasteiger partial charge in [0.1, 0.15) is 18.1 Å².